The maximum atomic E-state index is 12.6. The van der Waals surface area contributed by atoms with Crippen LogP contribution in [0, 0.1) is 33.8 Å². The van der Waals surface area contributed by atoms with Gasteiger partial charge in [-0.05, 0) is 30.7 Å². The number of carbonyl (C=O) groups is 2. The van der Waals surface area contributed by atoms with Gasteiger partial charge in [0.2, 0.25) is 0 Å². The Kier molecular flexibility index (Phi) is 3.41. The van der Waals surface area contributed by atoms with Gasteiger partial charge in [0.15, 0.2) is 0 Å². The third-order valence-corrected chi connectivity index (χ3v) is 5.27. The van der Waals surface area contributed by atoms with E-state index in [4.69, 9.17) is 0 Å². The molecule has 1 aromatic rings. The maximum Gasteiger partial charge on any atom is 0.270 e. The number of nitro benzene ring substituents is 1. The summed E-state index contributed by atoms with van der Waals surface area (Å²) in [7, 11) is 0. The minimum Gasteiger partial charge on any atom is -0.507 e. The highest BCUT2D eigenvalue weighted by atomic mass is 16.6. The Balaban J connectivity index is 1.63. The van der Waals surface area contributed by atoms with Crippen molar-refractivity contribution in [3.8, 4) is 5.75 Å². The van der Waals surface area contributed by atoms with Crippen LogP contribution in [0.15, 0.2) is 35.5 Å². The van der Waals surface area contributed by atoms with Crippen LogP contribution >= 0.6 is 0 Å². The fraction of sp³-hybridized carbons (Fsp3) is 0.353. The molecule has 1 saturated carbocycles. The quantitative estimate of drug-likeness (QED) is 0.296. The second kappa shape index (κ2) is 5.51. The minimum absolute atomic E-state index is 0.0675. The van der Waals surface area contributed by atoms with E-state index < -0.39 is 4.92 Å². The van der Waals surface area contributed by atoms with Gasteiger partial charge in [0.25, 0.3) is 17.5 Å². The number of hydrogen-bond donors (Lipinski definition) is 1. The van der Waals surface area contributed by atoms with Gasteiger partial charge in [-0.25, -0.2) is 0 Å². The number of non-ortho nitro benzene ring substituents is 1. The highest BCUT2D eigenvalue weighted by Crippen LogP contribution is 2.49. The van der Waals surface area contributed by atoms with E-state index in [-0.39, 0.29) is 52.5 Å². The molecule has 1 saturated heterocycles. The van der Waals surface area contributed by atoms with E-state index in [2.05, 4.69) is 5.10 Å². The fourth-order valence-corrected chi connectivity index (χ4v) is 4.05. The number of allylic oxidation sites excluding steroid dienone is 2. The molecule has 25 heavy (non-hydrogen) atoms. The number of phenols is 1. The number of imide groups is 1. The number of amides is 2. The molecule has 2 fully saturated rings. The summed E-state index contributed by atoms with van der Waals surface area (Å²) in [6.07, 6.45) is 6.93. The molecule has 0 radical (unpaired) electrons. The molecule has 4 aliphatic rings. The molecule has 8 nitrogen and oxygen atoms in total. The normalized spacial score (nSPS) is 30.3. The topological polar surface area (TPSA) is 113 Å². The number of nitrogens with zero attached hydrogens (tertiary/aromatic N) is 3. The molecule has 0 spiro atoms. The number of benzene rings is 1. The smallest absolute Gasteiger partial charge is 0.270 e. The summed E-state index contributed by atoms with van der Waals surface area (Å²) in [5.41, 5.74) is -0.139. The number of nitro groups is 1. The molecule has 5 rings (SSSR count). The third-order valence-electron chi connectivity index (χ3n) is 5.27. The molecule has 1 heterocycles. The van der Waals surface area contributed by atoms with Gasteiger partial charge in [-0.15, -0.1) is 0 Å². The minimum atomic E-state index is -0.596. The zero-order valence-corrected chi connectivity index (χ0v) is 13.1. The van der Waals surface area contributed by atoms with Crippen LogP contribution in [0.2, 0.25) is 0 Å². The molecule has 3 aliphatic carbocycles. The molecule has 1 aliphatic heterocycles. The van der Waals surface area contributed by atoms with Crippen molar-refractivity contribution in [2.75, 3.05) is 0 Å². The predicted octanol–water partition coefficient (Wildman–Crippen LogP) is 1.83. The van der Waals surface area contributed by atoms with Crippen molar-refractivity contribution in [3.05, 3.63) is 46.0 Å². The number of aromatic hydroxyl groups is 1. The summed E-state index contributed by atoms with van der Waals surface area (Å²) in [4.78, 5) is 35.5. The van der Waals surface area contributed by atoms with Crippen molar-refractivity contribution in [1.29, 1.82) is 0 Å². The van der Waals surface area contributed by atoms with Gasteiger partial charge in [0.1, 0.15) is 5.75 Å². The van der Waals surface area contributed by atoms with Crippen LogP contribution < -0.4 is 0 Å². The van der Waals surface area contributed by atoms with E-state index in [1.54, 1.807) is 0 Å². The van der Waals surface area contributed by atoms with Crippen LogP contribution in [0.5, 0.6) is 5.75 Å². The molecular formula is C17H15N3O5. The number of hydrogen-bond acceptors (Lipinski definition) is 6. The van der Waals surface area contributed by atoms with Crippen LogP contribution in [0.1, 0.15) is 18.4 Å². The predicted molar refractivity (Wildman–Crippen MR) is 86.5 cm³/mol. The molecule has 4 unspecified atom stereocenters. The van der Waals surface area contributed by atoms with E-state index in [1.165, 1.54) is 6.07 Å². The first-order valence-corrected chi connectivity index (χ1v) is 8.05. The van der Waals surface area contributed by atoms with Crippen molar-refractivity contribution < 1.29 is 19.6 Å². The summed E-state index contributed by atoms with van der Waals surface area (Å²) in [6.45, 7) is 0. The van der Waals surface area contributed by atoms with Crippen molar-refractivity contribution in [2.24, 2.45) is 28.8 Å². The Hall–Kier alpha value is -3.03. The van der Waals surface area contributed by atoms with Gasteiger partial charge in [-0.2, -0.15) is 10.1 Å². The summed E-state index contributed by atoms with van der Waals surface area (Å²) in [6, 6.07) is 3.48. The Morgan fingerprint density at radius 2 is 1.76 bits per heavy atom. The Morgan fingerprint density at radius 3 is 2.28 bits per heavy atom. The van der Waals surface area contributed by atoms with Crippen molar-refractivity contribution in [1.82, 2.24) is 5.01 Å². The van der Waals surface area contributed by atoms with Gasteiger partial charge in [-0.1, -0.05) is 12.2 Å². The van der Waals surface area contributed by atoms with E-state index in [0.717, 1.165) is 36.2 Å². The lowest BCUT2D eigenvalue weighted by Crippen LogP contribution is -2.38. The van der Waals surface area contributed by atoms with Crippen LogP contribution in [0.25, 0.3) is 0 Å². The highest BCUT2D eigenvalue weighted by molar-refractivity contribution is 6.06. The number of fused-ring (bicyclic) bond motifs is 1. The summed E-state index contributed by atoms with van der Waals surface area (Å²) < 4.78 is 0. The molecule has 8 heteroatoms. The lowest BCUT2D eigenvalue weighted by Gasteiger charge is -2.37. The average Bonchev–Trinajstić information content (AvgIpc) is 2.88. The Labute approximate surface area is 142 Å². The van der Waals surface area contributed by atoms with Gasteiger partial charge in [-0.3, -0.25) is 19.7 Å². The van der Waals surface area contributed by atoms with Gasteiger partial charge < -0.3 is 5.11 Å². The first-order valence-electron chi connectivity index (χ1n) is 8.05. The fourth-order valence-electron chi connectivity index (χ4n) is 4.05. The molecular weight excluding hydrogens is 326 g/mol. The lowest BCUT2D eigenvalue weighted by atomic mass is 9.63. The molecule has 2 amide bonds. The first-order chi connectivity index (χ1) is 12.0. The number of rotatable bonds is 3. The van der Waals surface area contributed by atoms with E-state index in [1.807, 2.05) is 12.2 Å². The van der Waals surface area contributed by atoms with Crippen molar-refractivity contribution in [3.63, 3.8) is 0 Å². The molecule has 1 aromatic carbocycles. The van der Waals surface area contributed by atoms with Crippen molar-refractivity contribution >= 4 is 23.7 Å². The zero-order valence-electron chi connectivity index (χ0n) is 13.1. The molecule has 1 N–H and O–H groups in total. The first kappa shape index (κ1) is 15.5. The van der Waals surface area contributed by atoms with Gasteiger partial charge in [0.05, 0.1) is 23.0 Å². The van der Waals surface area contributed by atoms with Crippen LogP contribution in [-0.2, 0) is 9.59 Å². The standard InChI is InChI=1S/C17H15N3O5/c21-13-6-5-12(20(24)25)7-11(13)8-18-19-16(22)14-9-1-2-10(4-3-9)15(14)17(19)23/h1-2,5-10,14-15,21H,3-4H2/b18-8+. The largest absolute Gasteiger partial charge is 0.507 e. The molecule has 128 valence electrons. The van der Waals surface area contributed by atoms with Crippen LogP contribution in [0.4, 0.5) is 5.69 Å². The van der Waals surface area contributed by atoms with E-state index >= 15 is 0 Å². The summed E-state index contributed by atoms with van der Waals surface area (Å²) >= 11 is 0. The SMILES string of the molecule is O=C1C2C3C=CC(CC3)C2C(=O)N1/N=C/c1cc([N+](=O)[O-])ccc1O. The molecule has 0 aromatic heterocycles. The second-order valence-electron chi connectivity index (χ2n) is 6.57. The average molecular weight is 341 g/mol. The van der Waals surface area contributed by atoms with Crippen molar-refractivity contribution in [2.45, 2.75) is 12.8 Å². The number of carbonyl (C=O) groups excluding carboxylic acids is 2. The van der Waals surface area contributed by atoms with E-state index in [0.29, 0.717) is 0 Å². The van der Waals surface area contributed by atoms with Gasteiger partial charge >= 0.3 is 0 Å². The number of hydrazone groups is 1. The Morgan fingerprint density at radius 1 is 1.16 bits per heavy atom. The zero-order chi connectivity index (χ0) is 17.7. The van der Waals surface area contributed by atoms with Crippen LogP contribution in [-0.4, -0.2) is 33.1 Å². The molecule has 2 bridgehead atoms. The summed E-state index contributed by atoms with van der Waals surface area (Å²) in [5, 5.41) is 25.4. The van der Waals surface area contributed by atoms with Gasteiger partial charge in [0, 0.05) is 17.7 Å². The van der Waals surface area contributed by atoms with E-state index in [9.17, 15) is 24.8 Å². The Bertz CT molecular complexity index is 815. The molecule has 4 atom stereocenters. The second-order valence-corrected chi connectivity index (χ2v) is 6.57. The van der Waals surface area contributed by atoms with Crippen LogP contribution in [0.3, 0.4) is 0 Å². The highest BCUT2D eigenvalue weighted by Gasteiger charge is 2.56. The lowest BCUT2D eigenvalue weighted by molar-refractivity contribution is -0.384. The third kappa shape index (κ3) is 2.33. The monoisotopic (exact) mass is 341 g/mol. The maximum absolute atomic E-state index is 12.6. The summed E-state index contributed by atoms with van der Waals surface area (Å²) in [5.74, 6) is -1.49. The number of phenolic OH excluding ortho intramolecular Hbond substituents is 1.